The third-order valence-electron chi connectivity index (χ3n) is 6.90. The van der Waals surface area contributed by atoms with Crippen molar-refractivity contribution in [1.82, 2.24) is 5.06 Å². The van der Waals surface area contributed by atoms with E-state index >= 15 is 0 Å². The van der Waals surface area contributed by atoms with Crippen LogP contribution in [-0.4, -0.2) is 35.3 Å². The fourth-order valence-electron chi connectivity index (χ4n) is 4.58. The zero-order chi connectivity index (χ0) is 31.4. The number of hydroxylamine groups is 2. The monoisotopic (exact) mass is 623 g/mol. The molecule has 11 heteroatoms. The summed E-state index contributed by atoms with van der Waals surface area (Å²) < 4.78 is 50.2. The molecule has 0 radical (unpaired) electrons. The summed E-state index contributed by atoms with van der Waals surface area (Å²) in [6.45, 7) is -0.247. The summed E-state index contributed by atoms with van der Waals surface area (Å²) in [6.07, 6.45) is -4.54. The lowest BCUT2D eigenvalue weighted by atomic mass is 10.0. The van der Waals surface area contributed by atoms with E-state index in [1.54, 1.807) is 36.4 Å². The number of halogens is 4. The Bertz CT molecular complexity index is 1770. The van der Waals surface area contributed by atoms with Gasteiger partial charge in [0.05, 0.1) is 19.2 Å². The van der Waals surface area contributed by atoms with E-state index in [0.29, 0.717) is 27.1 Å². The Labute approximate surface area is 254 Å². The van der Waals surface area contributed by atoms with Gasteiger partial charge in [0.1, 0.15) is 17.4 Å². The van der Waals surface area contributed by atoms with Crippen molar-refractivity contribution in [2.24, 2.45) is 0 Å². The van der Waals surface area contributed by atoms with Gasteiger partial charge in [-0.25, -0.2) is 4.79 Å². The first-order valence-electron chi connectivity index (χ1n) is 13.3. The van der Waals surface area contributed by atoms with Gasteiger partial charge in [0, 0.05) is 16.8 Å². The van der Waals surface area contributed by atoms with Crippen molar-refractivity contribution in [3.63, 3.8) is 0 Å². The lowest BCUT2D eigenvalue weighted by Crippen LogP contribution is -2.44. The molecule has 1 heterocycles. The lowest BCUT2D eigenvalue weighted by molar-refractivity contribution is -0.178. The molecule has 0 aliphatic heterocycles. The van der Waals surface area contributed by atoms with Gasteiger partial charge in [-0.05, 0) is 70.8 Å². The summed E-state index contributed by atoms with van der Waals surface area (Å²) in [5, 5.41) is 11.9. The molecule has 5 rings (SSSR count). The minimum absolute atomic E-state index is 0.00848. The number of methoxy groups -OCH3 is 1. The van der Waals surface area contributed by atoms with Crippen LogP contribution in [0.1, 0.15) is 27.2 Å². The Hall–Kier alpha value is -4.80. The van der Waals surface area contributed by atoms with Gasteiger partial charge in [-0.3, -0.25) is 4.79 Å². The van der Waals surface area contributed by atoms with Crippen LogP contribution in [-0.2, 0) is 33.5 Å². The predicted molar refractivity (Wildman–Crippen MR) is 157 cm³/mol. The Morgan fingerprint density at radius 3 is 2.16 bits per heavy atom. The van der Waals surface area contributed by atoms with Gasteiger partial charge in [0.25, 0.3) is 0 Å². The van der Waals surface area contributed by atoms with Crippen molar-refractivity contribution < 1.29 is 41.9 Å². The van der Waals surface area contributed by atoms with Crippen LogP contribution < -0.4 is 0 Å². The lowest BCUT2D eigenvalue weighted by Gasteiger charge is -2.28. The van der Waals surface area contributed by atoms with Gasteiger partial charge in [0.15, 0.2) is 0 Å². The van der Waals surface area contributed by atoms with Crippen LogP contribution in [0.4, 0.5) is 13.2 Å². The summed E-state index contributed by atoms with van der Waals surface area (Å²) in [7, 11) is 1.17. The van der Waals surface area contributed by atoms with Gasteiger partial charge < -0.3 is 19.1 Å². The standard InChI is InChI=1S/C33H25ClF3NO6/c1-42-31(40)28(16-20-4-14-27(39)15-5-20)38(19-21-2-10-25(11-3-21)33(35,36)37)44-32(41)30-18-24-7-6-23(17-29(24)43-30)22-8-12-26(34)13-9-22/h2-15,17-18,28,39H,16,19H2,1H3/t28-/m0/s1. The van der Waals surface area contributed by atoms with E-state index < -0.39 is 29.7 Å². The van der Waals surface area contributed by atoms with Crippen LogP contribution in [0.15, 0.2) is 101 Å². The summed E-state index contributed by atoms with van der Waals surface area (Å²) in [5.74, 6) is -1.82. The zero-order valence-corrected chi connectivity index (χ0v) is 23.9. The SMILES string of the molecule is COC(=O)[C@H](Cc1ccc(O)cc1)N(Cc1ccc(C(F)(F)F)cc1)OC(=O)c1cc2ccc(-c3ccc(Cl)cc3)cc2o1. The molecule has 5 aromatic rings. The number of rotatable bonds is 9. The summed E-state index contributed by atoms with van der Waals surface area (Å²) in [4.78, 5) is 32.1. The Balaban J connectivity index is 1.45. The average Bonchev–Trinajstić information content (AvgIpc) is 3.44. The number of phenols is 1. The first-order valence-corrected chi connectivity index (χ1v) is 13.7. The number of carbonyl (C=O) groups is 2. The molecule has 7 nitrogen and oxygen atoms in total. The van der Waals surface area contributed by atoms with E-state index in [1.807, 2.05) is 18.2 Å². The van der Waals surface area contributed by atoms with E-state index in [2.05, 4.69) is 0 Å². The second-order valence-electron chi connectivity index (χ2n) is 9.93. The minimum atomic E-state index is -4.53. The normalized spacial score (nSPS) is 12.3. The molecule has 1 N–H and O–H groups in total. The molecular formula is C33H25ClF3NO6. The maximum Gasteiger partial charge on any atom is 0.416 e. The number of fused-ring (bicyclic) bond motifs is 1. The number of benzene rings is 4. The predicted octanol–water partition coefficient (Wildman–Crippen LogP) is 7.84. The number of hydrogen-bond acceptors (Lipinski definition) is 7. The second kappa shape index (κ2) is 12.8. The van der Waals surface area contributed by atoms with Crippen molar-refractivity contribution in [2.75, 3.05) is 7.11 Å². The highest BCUT2D eigenvalue weighted by atomic mass is 35.5. The van der Waals surface area contributed by atoms with Crippen LogP contribution in [0.3, 0.4) is 0 Å². The van der Waals surface area contributed by atoms with Gasteiger partial charge in [0.2, 0.25) is 5.76 Å². The largest absolute Gasteiger partial charge is 0.508 e. The van der Waals surface area contributed by atoms with Crippen molar-refractivity contribution in [3.05, 3.63) is 125 Å². The highest BCUT2D eigenvalue weighted by Gasteiger charge is 2.33. The number of ether oxygens (including phenoxy) is 1. The number of furan rings is 1. The van der Waals surface area contributed by atoms with Gasteiger partial charge >= 0.3 is 18.1 Å². The molecule has 4 aromatic carbocycles. The van der Waals surface area contributed by atoms with Crippen LogP contribution in [0.2, 0.25) is 5.02 Å². The number of hydrogen-bond donors (Lipinski definition) is 1. The number of alkyl halides is 3. The first kappa shape index (κ1) is 30.7. The fraction of sp³-hybridized carbons (Fsp3) is 0.152. The highest BCUT2D eigenvalue weighted by molar-refractivity contribution is 6.30. The number of aromatic hydroxyl groups is 1. The van der Waals surface area contributed by atoms with Crippen molar-refractivity contribution in [1.29, 1.82) is 0 Å². The molecule has 1 atom stereocenters. The van der Waals surface area contributed by atoms with Crippen molar-refractivity contribution in [2.45, 2.75) is 25.2 Å². The maximum absolute atomic E-state index is 13.4. The second-order valence-corrected chi connectivity index (χ2v) is 10.4. The molecular weight excluding hydrogens is 599 g/mol. The highest BCUT2D eigenvalue weighted by Crippen LogP contribution is 2.31. The molecule has 1 aromatic heterocycles. The molecule has 44 heavy (non-hydrogen) atoms. The molecule has 0 saturated carbocycles. The van der Waals surface area contributed by atoms with Crippen LogP contribution >= 0.6 is 11.6 Å². The first-order chi connectivity index (χ1) is 21.0. The summed E-state index contributed by atoms with van der Waals surface area (Å²) in [6, 6.07) is 23.2. The van der Waals surface area contributed by atoms with Crippen LogP contribution in [0.5, 0.6) is 5.75 Å². The van der Waals surface area contributed by atoms with E-state index in [9.17, 15) is 27.9 Å². The van der Waals surface area contributed by atoms with Gasteiger partial charge in [-0.1, -0.05) is 60.1 Å². The Kier molecular flexibility index (Phi) is 8.93. The molecule has 0 unspecified atom stereocenters. The Morgan fingerprint density at radius 2 is 1.52 bits per heavy atom. The average molecular weight is 624 g/mol. The topological polar surface area (TPSA) is 89.2 Å². The van der Waals surface area contributed by atoms with Gasteiger partial charge in [-0.2, -0.15) is 13.2 Å². The number of nitrogens with zero attached hydrogens (tertiary/aromatic N) is 1. The molecule has 0 aliphatic carbocycles. The summed E-state index contributed by atoms with van der Waals surface area (Å²) >= 11 is 5.99. The number of esters is 1. The van der Waals surface area contributed by atoms with Crippen LogP contribution in [0, 0.1) is 0 Å². The Morgan fingerprint density at radius 1 is 0.886 bits per heavy atom. The van der Waals surface area contributed by atoms with E-state index in [1.165, 1.54) is 37.4 Å². The third kappa shape index (κ3) is 7.21. The molecule has 0 amide bonds. The van der Waals surface area contributed by atoms with Gasteiger partial charge in [-0.15, -0.1) is 5.06 Å². The smallest absolute Gasteiger partial charge is 0.416 e. The fourth-order valence-corrected chi connectivity index (χ4v) is 4.71. The number of carbonyl (C=O) groups excluding carboxylic acids is 2. The van der Waals surface area contributed by atoms with Crippen molar-refractivity contribution >= 4 is 34.5 Å². The third-order valence-corrected chi connectivity index (χ3v) is 7.16. The molecule has 0 spiro atoms. The van der Waals surface area contributed by atoms with E-state index in [-0.39, 0.29) is 24.5 Å². The van der Waals surface area contributed by atoms with E-state index in [0.717, 1.165) is 28.3 Å². The number of phenolic OH excluding ortho intramolecular Hbond substituents is 1. The maximum atomic E-state index is 13.4. The molecule has 0 fully saturated rings. The van der Waals surface area contributed by atoms with E-state index in [4.69, 9.17) is 25.6 Å². The quantitative estimate of drug-likeness (QED) is 0.132. The molecule has 0 aliphatic rings. The molecule has 0 saturated heterocycles. The summed E-state index contributed by atoms with van der Waals surface area (Å²) in [5.41, 5.74) is 2.21. The molecule has 226 valence electrons. The van der Waals surface area contributed by atoms with Crippen molar-refractivity contribution in [3.8, 4) is 16.9 Å². The molecule has 0 bridgehead atoms. The van der Waals surface area contributed by atoms with Crippen LogP contribution in [0.25, 0.3) is 22.1 Å². The minimum Gasteiger partial charge on any atom is -0.508 e. The zero-order valence-electron chi connectivity index (χ0n) is 23.2.